The van der Waals surface area contributed by atoms with Crippen molar-refractivity contribution in [2.24, 2.45) is 0 Å². The Hall–Kier alpha value is -4.64. The molecule has 1 fully saturated rings. The van der Waals surface area contributed by atoms with Crippen LogP contribution in [0.1, 0.15) is 12.8 Å². The van der Waals surface area contributed by atoms with Gasteiger partial charge in [-0.25, -0.2) is 9.37 Å². The molecule has 0 aliphatic carbocycles. The first-order valence-electron chi connectivity index (χ1n) is 12.2. The molecule has 4 aromatic rings. The molecule has 1 amide bonds. The van der Waals surface area contributed by atoms with Gasteiger partial charge in [0.2, 0.25) is 11.9 Å². The number of aromatic nitrogens is 4. The number of amides is 1. The van der Waals surface area contributed by atoms with Crippen LogP contribution in [0.25, 0.3) is 16.7 Å². The van der Waals surface area contributed by atoms with Crippen molar-refractivity contribution in [2.45, 2.75) is 18.9 Å². The summed E-state index contributed by atoms with van der Waals surface area (Å²) in [6, 6.07) is 12.2. The average Bonchev–Trinajstić information content (AvgIpc) is 2.92. The van der Waals surface area contributed by atoms with E-state index in [0.717, 1.165) is 25.9 Å². The van der Waals surface area contributed by atoms with Gasteiger partial charge in [-0.3, -0.25) is 14.2 Å². The van der Waals surface area contributed by atoms with Gasteiger partial charge in [-0.1, -0.05) is 12.6 Å². The quantitative estimate of drug-likeness (QED) is 0.320. The number of halogens is 1. The van der Waals surface area contributed by atoms with Crippen molar-refractivity contribution in [3.8, 4) is 5.69 Å². The summed E-state index contributed by atoms with van der Waals surface area (Å²) >= 11 is 0. The number of anilines is 4. The molecule has 10 nitrogen and oxygen atoms in total. The Morgan fingerprint density at radius 1 is 1.13 bits per heavy atom. The largest absolute Gasteiger partial charge is 0.382 e. The first-order chi connectivity index (χ1) is 18.4. The molecule has 0 radical (unpaired) electrons. The topological polar surface area (TPSA) is 117 Å². The molecule has 1 aliphatic rings. The van der Waals surface area contributed by atoms with E-state index in [0.29, 0.717) is 23.1 Å². The van der Waals surface area contributed by atoms with Crippen LogP contribution in [0.5, 0.6) is 0 Å². The molecule has 11 heteroatoms. The Morgan fingerprint density at radius 2 is 1.95 bits per heavy atom. The molecule has 194 valence electrons. The third-order valence-corrected chi connectivity index (χ3v) is 6.40. The summed E-state index contributed by atoms with van der Waals surface area (Å²) in [6.45, 7) is 5.47. The van der Waals surface area contributed by atoms with E-state index in [1.165, 1.54) is 24.7 Å². The molecule has 2 aromatic heterocycles. The molecule has 38 heavy (non-hydrogen) atoms. The molecule has 3 heterocycles. The van der Waals surface area contributed by atoms with Gasteiger partial charge in [0.05, 0.1) is 11.4 Å². The summed E-state index contributed by atoms with van der Waals surface area (Å²) in [5.74, 6) is -0.694. The Balaban J connectivity index is 1.41. The lowest BCUT2D eigenvalue weighted by Gasteiger charge is -2.30. The Kier molecular flexibility index (Phi) is 7.09. The number of piperidine rings is 1. The number of carbonyl (C=O) groups excluding carboxylic acids is 1. The van der Waals surface area contributed by atoms with E-state index in [4.69, 9.17) is 0 Å². The van der Waals surface area contributed by atoms with E-state index in [-0.39, 0.29) is 28.6 Å². The number of benzene rings is 2. The van der Waals surface area contributed by atoms with Crippen molar-refractivity contribution in [1.82, 2.24) is 24.4 Å². The van der Waals surface area contributed by atoms with Crippen molar-refractivity contribution in [2.75, 3.05) is 36.1 Å². The van der Waals surface area contributed by atoms with Gasteiger partial charge in [-0.05, 0) is 75.5 Å². The second-order valence-electron chi connectivity index (χ2n) is 9.14. The van der Waals surface area contributed by atoms with Crippen molar-refractivity contribution >= 4 is 40.0 Å². The Bertz CT molecular complexity index is 1560. The number of rotatable bonds is 7. The van der Waals surface area contributed by atoms with E-state index in [9.17, 15) is 14.0 Å². The summed E-state index contributed by atoms with van der Waals surface area (Å²) in [6.07, 6.45) is 5.88. The molecule has 5 rings (SSSR count). The molecule has 2 aromatic carbocycles. The molecule has 1 aliphatic heterocycles. The zero-order valence-electron chi connectivity index (χ0n) is 20.8. The van der Waals surface area contributed by atoms with Gasteiger partial charge in [-0.2, -0.15) is 9.97 Å². The van der Waals surface area contributed by atoms with Gasteiger partial charge in [0, 0.05) is 23.6 Å². The maximum Gasteiger partial charge on any atom is 0.283 e. The third kappa shape index (κ3) is 5.52. The van der Waals surface area contributed by atoms with Crippen LogP contribution in [0.15, 0.2) is 72.4 Å². The summed E-state index contributed by atoms with van der Waals surface area (Å²) in [5, 5.41) is 9.20. The summed E-state index contributed by atoms with van der Waals surface area (Å²) in [5.41, 5.74) is 1.83. The summed E-state index contributed by atoms with van der Waals surface area (Å²) in [4.78, 5) is 39.0. The molecular weight excluding hydrogens is 487 g/mol. The van der Waals surface area contributed by atoms with Crippen LogP contribution in [0.3, 0.4) is 0 Å². The standard InChI is InChI=1S/C27H27FN8O2/c1-3-24(37)32-18-5-4-6-20(13-18)36-16-30-26(38)21-15-29-27(34-25(21)36)33-23-8-7-19(14-22(23)28)31-17-9-11-35(2)12-10-17/h3-8,13-17,31H,1,9-12H2,2H3,(H,32,37)(H,29,33,34). The van der Waals surface area contributed by atoms with Gasteiger partial charge in [-0.15, -0.1) is 0 Å². The van der Waals surface area contributed by atoms with Gasteiger partial charge >= 0.3 is 0 Å². The van der Waals surface area contributed by atoms with E-state index in [1.54, 1.807) is 34.9 Å². The fourth-order valence-electron chi connectivity index (χ4n) is 4.33. The molecule has 0 bridgehead atoms. The lowest BCUT2D eigenvalue weighted by atomic mass is 10.1. The minimum atomic E-state index is -0.491. The third-order valence-electron chi connectivity index (χ3n) is 6.40. The number of hydrogen-bond acceptors (Lipinski definition) is 8. The van der Waals surface area contributed by atoms with E-state index < -0.39 is 11.4 Å². The number of likely N-dealkylation sites (tertiary alicyclic amines) is 1. The van der Waals surface area contributed by atoms with Crippen molar-refractivity contribution in [3.05, 3.63) is 83.8 Å². The highest BCUT2D eigenvalue weighted by molar-refractivity contribution is 5.99. The minimum absolute atomic E-state index is 0.114. The van der Waals surface area contributed by atoms with Crippen LogP contribution in [-0.2, 0) is 4.79 Å². The SMILES string of the molecule is C=CC(=O)Nc1cccc(-n2cnc(=O)c3cnc(Nc4ccc(NC5CCN(C)CC5)cc4F)nc32)c1. The molecule has 0 unspecified atom stereocenters. The second kappa shape index (κ2) is 10.8. The minimum Gasteiger partial charge on any atom is -0.382 e. The monoisotopic (exact) mass is 514 g/mol. The number of fused-ring (bicyclic) bond motifs is 1. The highest BCUT2D eigenvalue weighted by Gasteiger charge is 2.17. The summed E-state index contributed by atoms with van der Waals surface area (Å²) < 4.78 is 16.6. The number of nitrogens with zero attached hydrogens (tertiary/aromatic N) is 5. The molecule has 0 atom stereocenters. The van der Waals surface area contributed by atoms with Crippen LogP contribution in [0.4, 0.5) is 27.4 Å². The molecule has 3 N–H and O–H groups in total. The van der Waals surface area contributed by atoms with Crippen molar-refractivity contribution < 1.29 is 9.18 Å². The van der Waals surface area contributed by atoms with Gasteiger partial charge in [0.1, 0.15) is 17.5 Å². The van der Waals surface area contributed by atoms with E-state index >= 15 is 0 Å². The maximum absolute atomic E-state index is 15.0. The van der Waals surface area contributed by atoms with Crippen LogP contribution >= 0.6 is 0 Å². The van der Waals surface area contributed by atoms with Crippen LogP contribution < -0.4 is 21.5 Å². The van der Waals surface area contributed by atoms with E-state index in [1.807, 2.05) is 6.07 Å². The van der Waals surface area contributed by atoms with Crippen molar-refractivity contribution in [3.63, 3.8) is 0 Å². The lowest BCUT2D eigenvalue weighted by Crippen LogP contribution is -2.36. The Morgan fingerprint density at radius 3 is 2.71 bits per heavy atom. The zero-order chi connectivity index (χ0) is 26.6. The predicted molar refractivity (Wildman–Crippen MR) is 146 cm³/mol. The molecule has 0 spiro atoms. The zero-order valence-corrected chi connectivity index (χ0v) is 20.8. The predicted octanol–water partition coefficient (Wildman–Crippen LogP) is 3.69. The highest BCUT2D eigenvalue weighted by Crippen LogP contribution is 2.25. The second-order valence-corrected chi connectivity index (χ2v) is 9.14. The normalized spacial score (nSPS) is 14.3. The van der Waals surface area contributed by atoms with Crippen LogP contribution in [0, 0.1) is 5.82 Å². The summed E-state index contributed by atoms with van der Waals surface area (Å²) in [7, 11) is 2.10. The van der Waals surface area contributed by atoms with Gasteiger partial charge in [0.15, 0.2) is 5.65 Å². The first-order valence-corrected chi connectivity index (χ1v) is 12.2. The lowest BCUT2D eigenvalue weighted by molar-refractivity contribution is -0.111. The molecule has 0 saturated carbocycles. The van der Waals surface area contributed by atoms with E-state index in [2.05, 4.69) is 49.4 Å². The smallest absolute Gasteiger partial charge is 0.283 e. The number of carbonyl (C=O) groups is 1. The molecule has 1 saturated heterocycles. The van der Waals surface area contributed by atoms with Crippen molar-refractivity contribution in [1.29, 1.82) is 0 Å². The van der Waals surface area contributed by atoms with Crippen LogP contribution in [-0.4, -0.2) is 56.5 Å². The van der Waals surface area contributed by atoms with Crippen LogP contribution in [0.2, 0.25) is 0 Å². The maximum atomic E-state index is 15.0. The Labute approximate surface area is 218 Å². The number of hydrogen-bond donors (Lipinski definition) is 3. The fraction of sp³-hybridized carbons (Fsp3) is 0.222. The molecular formula is C27H27FN8O2. The van der Waals surface area contributed by atoms with Gasteiger partial charge < -0.3 is 20.9 Å². The highest BCUT2D eigenvalue weighted by atomic mass is 19.1. The fourth-order valence-corrected chi connectivity index (χ4v) is 4.33. The average molecular weight is 515 g/mol. The number of nitrogens with one attached hydrogen (secondary N) is 3. The van der Waals surface area contributed by atoms with Gasteiger partial charge in [0.25, 0.3) is 5.56 Å². The first kappa shape index (κ1) is 25.0.